The summed E-state index contributed by atoms with van der Waals surface area (Å²) in [6.07, 6.45) is 5.76. The van der Waals surface area contributed by atoms with Crippen LogP contribution in [-0.4, -0.2) is 25.0 Å². The van der Waals surface area contributed by atoms with E-state index in [4.69, 9.17) is 0 Å². The molecule has 0 bridgehead atoms. The van der Waals surface area contributed by atoms with E-state index in [2.05, 4.69) is 32.8 Å². The molecule has 1 nitrogen and oxygen atoms in total. The summed E-state index contributed by atoms with van der Waals surface area (Å²) in [5.41, 5.74) is 0.751. The lowest BCUT2D eigenvalue weighted by atomic mass is 9.86. The Kier molecular flexibility index (Phi) is 2.18. The van der Waals surface area contributed by atoms with Crippen LogP contribution in [0.5, 0.6) is 0 Å². The van der Waals surface area contributed by atoms with Gasteiger partial charge in [0.25, 0.3) is 0 Å². The number of hydrogen-bond acceptors (Lipinski definition) is 1. The van der Waals surface area contributed by atoms with E-state index in [9.17, 15) is 0 Å². The first kappa shape index (κ1) is 9.51. The van der Waals surface area contributed by atoms with Crippen LogP contribution in [0, 0.1) is 17.3 Å². The zero-order valence-corrected chi connectivity index (χ0v) is 9.51. The predicted octanol–water partition coefficient (Wildman–Crippen LogP) is 2.76. The lowest BCUT2D eigenvalue weighted by Crippen LogP contribution is -2.32. The van der Waals surface area contributed by atoms with Crippen LogP contribution >= 0.6 is 0 Å². The summed E-state index contributed by atoms with van der Waals surface area (Å²) in [6, 6.07) is 0.870. The van der Waals surface area contributed by atoms with Gasteiger partial charge >= 0.3 is 0 Å². The highest BCUT2D eigenvalue weighted by molar-refractivity contribution is 5.10. The van der Waals surface area contributed by atoms with Crippen molar-refractivity contribution in [2.45, 2.75) is 45.6 Å². The van der Waals surface area contributed by atoms with Crippen molar-refractivity contribution in [2.24, 2.45) is 17.3 Å². The number of rotatable bonds is 2. The molecule has 13 heavy (non-hydrogen) atoms. The van der Waals surface area contributed by atoms with Crippen molar-refractivity contribution < 1.29 is 0 Å². The third kappa shape index (κ3) is 1.32. The molecule has 2 fully saturated rings. The molecule has 0 aromatic heterocycles. The van der Waals surface area contributed by atoms with Crippen molar-refractivity contribution in [3.8, 4) is 0 Å². The third-order valence-corrected chi connectivity index (χ3v) is 4.78. The Labute approximate surface area is 82.5 Å². The second-order valence-electron chi connectivity index (χ2n) is 5.52. The van der Waals surface area contributed by atoms with Gasteiger partial charge in [-0.15, -0.1) is 0 Å². The molecule has 0 radical (unpaired) electrons. The van der Waals surface area contributed by atoms with Gasteiger partial charge in [-0.2, -0.15) is 0 Å². The molecule has 0 amide bonds. The van der Waals surface area contributed by atoms with Gasteiger partial charge < -0.3 is 4.90 Å². The molecule has 2 saturated carbocycles. The molecule has 2 aliphatic rings. The van der Waals surface area contributed by atoms with Crippen LogP contribution < -0.4 is 0 Å². The molecule has 0 N–H and O–H groups in total. The van der Waals surface area contributed by atoms with E-state index in [1.54, 1.807) is 0 Å². The Bertz CT molecular complexity index is 199. The summed E-state index contributed by atoms with van der Waals surface area (Å²) in [4.78, 5) is 2.42. The molecule has 0 saturated heterocycles. The topological polar surface area (TPSA) is 3.24 Å². The molecule has 2 aliphatic carbocycles. The summed E-state index contributed by atoms with van der Waals surface area (Å²) < 4.78 is 0. The van der Waals surface area contributed by atoms with Crippen LogP contribution in [0.4, 0.5) is 0 Å². The standard InChI is InChI=1S/C12H23N/c1-5-10-11-8-9(13(3)4)6-7-12(10,11)2/h9-11H,5-8H2,1-4H3. The van der Waals surface area contributed by atoms with E-state index in [0.717, 1.165) is 23.3 Å². The highest BCUT2D eigenvalue weighted by Crippen LogP contribution is 2.67. The monoisotopic (exact) mass is 181 g/mol. The van der Waals surface area contributed by atoms with E-state index >= 15 is 0 Å². The van der Waals surface area contributed by atoms with E-state index in [1.165, 1.54) is 25.7 Å². The average molecular weight is 181 g/mol. The van der Waals surface area contributed by atoms with Gasteiger partial charge in [-0.05, 0) is 50.6 Å². The fourth-order valence-corrected chi connectivity index (χ4v) is 3.68. The lowest BCUT2D eigenvalue weighted by molar-refractivity contribution is 0.195. The van der Waals surface area contributed by atoms with E-state index in [1.807, 2.05) is 0 Å². The second kappa shape index (κ2) is 2.98. The van der Waals surface area contributed by atoms with E-state index < -0.39 is 0 Å². The second-order valence-corrected chi connectivity index (χ2v) is 5.52. The SMILES string of the molecule is CCC1C2CC(N(C)C)CCC12C. The van der Waals surface area contributed by atoms with Gasteiger partial charge in [-0.25, -0.2) is 0 Å². The lowest BCUT2D eigenvalue weighted by Gasteiger charge is -2.30. The van der Waals surface area contributed by atoms with E-state index in [0.29, 0.717) is 0 Å². The van der Waals surface area contributed by atoms with Crippen molar-refractivity contribution in [3.63, 3.8) is 0 Å². The first-order chi connectivity index (χ1) is 6.09. The summed E-state index contributed by atoms with van der Waals surface area (Å²) in [5.74, 6) is 2.11. The van der Waals surface area contributed by atoms with Crippen LogP contribution in [-0.2, 0) is 0 Å². The summed E-state index contributed by atoms with van der Waals surface area (Å²) in [6.45, 7) is 4.87. The first-order valence-electron chi connectivity index (χ1n) is 5.76. The van der Waals surface area contributed by atoms with Crippen LogP contribution in [0.1, 0.15) is 39.5 Å². The molecule has 76 valence electrons. The molecule has 0 spiro atoms. The maximum atomic E-state index is 2.51. The van der Waals surface area contributed by atoms with Gasteiger partial charge in [-0.3, -0.25) is 0 Å². The molecule has 0 heterocycles. The minimum absolute atomic E-state index is 0.751. The Hall–Kier alpha value is -0.0400. The molecule has 2 rings (SSSR count). The van der Waals surface area contributed by atoms with Crippen molar-refractivity contribution >= 4 is 0 Å². The van der Waals surface area contributed by atoms with Crippen molar-refractivity contribution in [1.82, 2.24) is 4.90 Å². The molecule has 0 aromatic rings. The molecular formula is C12H23N. The minimum atomic E-state index is 0.751. The molecule has 0 aromatic carbocycles. The highest BCUT2D eigenvalue weighted by Gasteiger charge is 2.61. The molecule has 4 unspecified atom stereocenters. The van der Waals surface area contributed by atoms with E-state index in [-0.39, 0.29) is 0 Å². The normalized spacial score (nSPS) is 49.2. The highest BCUT2D eigenvalue weighted by atomic mass is 15.1. The molecular weight excluding hydrogens is 158 g/mol. The zero-order valence-electron chi connectivity index (χ0n) is 9.51. The van der Waals surface area contributed by atoms with Gasteiger partial charge in [0.05, 0.1) is 0 Å². The molecule has 0 aliphatic heterocycles. The largest absolute Gasteiger partial charge is 0.306 e. The Morgan fingerprint density at radius 2 is 2.08 bits per heavy atom. The maximum absolute atomic E-state index is 2.51. The summed E-state index contributed by atoms with van der Waals surface area (Å²) >= 11 is 0. The number of nitrogens with zero attached hydrogens (tertiary/aromatic N) is 1. The number of fused-ring (bicyclic) bond motifs is 1. The summed E-state index contributed by atoms with van der Waals surface area (Å²) in [5, 5.41) is 0. The van der Waals surface area contributed by atoms with Gasteiger partial charge in [0, 0.05) is 6.04 Å². The Morgan fingerprint density at radius 3 is 2.62 bits per heavy atom. The molecule has 1 heteroatoms. The predicted molar refractivity (Wildman–Crippen MR) is 56.7 cm³/mol. The van der Waals surface area contributed by atoms with Crippen LogP contribution in [0.3, 0.4) is 0 Å². The van der Waals surface area contributed by atoms with Crippen molar-refractivity contribution in [1.29, 1.82) is 0 Å². The Balaban J connectivity index is 1.98. The smallest absolute Gasteiger partial charge is 0.00923 e. The van der Waals surface area contributed by atoms with Gasteiger partial charge in [0.2, 0.25) is 0 Å². The van der Waals surface area contributed by atoms with Gasteiger partial charge in [0.15, 0.2) is 0 Å². The van der Waals surface area contributed by atoms with Crippen LogP contribution in [0.2, 0.25) is 0 Å². The van der Waals surface area contributed by atoms with Crippen molar-refractivity contribution in [3.05, 3.63) is 0 Å². The van der Waals surface area contributed by atoms with Gasteiger partial charge in [0.1, 0.15) is 0 Å². The first-order valence-corrected chi connectivity index (χ1v) is 5.76. The zero-order chi connectivity index (χ0) is 9.64. The quantitative estimate of drug-likeness (QED) is 0.633. The van der Waals surface area contributed by atoms with Crippen LogP contribution in [0.15, 0.2) is 0 Å². The maximum Gasteiger partial charge on any atom is 0.00923 e. The van der Waals surface area contributed by atoms with Crippen molar-refractivity contribution in [2.75, 3.05) is 14.1 Å². The minimum Gasteiger partial charge on any atom is -0.306 e. The third-order valence-electron chi connectivity index (χ3n) is 4.78. The van der Waals surface area contributed by atoms with Crippen LogP contribution in [0.25, 0.3) is 0 Å². The Morgan fingerprint density at radius 1 is 1.38 bits per heavy atom. The number of hydrogen-bond donors (Lipinski definition) is 0. The fourth-order valence-electron chi connectivity index (χ4n) is 3.68. The summed E-state index contributed by atoms with van der Waals surface area (Å²) in [7, 11) is 4.47. The fraction of sp³-hybridized carbons (Fsp3) is 1.00. The average Bonchev–Trinajstić information content (AvgIpc) is 2.68. The van der Waals surface area contributed by atoms with Gasteiger partial charge in [-0.1, -0.05) is 20.3 Å². The molecule has 4 atom stereocenters.